The molecule has 0 aliphatic rings. The first-order valence-corrected chi connectivity index (χ1v) is 16.1. The average Bonchev–Trinajstić information content (AvgIpc) is 3.05. The summed E-state index contributed by atoms with van der Waals surface area (Å²) in [6.45, 7) is 14.8. The molecule has 0 unspecified atom stereocenters. The Balaban J connectivity index is 0.00000650. The van der Waals surface area contributed by atoms with Gasteiger partial charge < -0.3 is 10.6 Å². The summed E-state index contributed by atoms with van der Waals surface area (Å²) in [6.07, 6.45) is 1.36. The van der Waals surface area contributed by atoms with Crippen molar-refractivity contribution >= 4 is 24.1 Å². The van der Waals surface area contributed by atoms with Crippen LogP contribution in [0.5, 0.6) is 0 Å². The summed E-state index contributed by atoms with van der Waals surface area (Å²) in [5.74, 6) is -0.603. The maximum absolute atomic E-state index is 14.4. The van der Waals surface area contributed by atoms with Gasteiger partial charge in [0.15, 0.2) is 0 Å². The molecule has 0 fully saturated rings. The number of nitrogens with one attached hydrogen (secondary N) is 2. The molecule has 4 aromatic carbocycles. The zero-order valence-electron chi connectivity index (χ0n) is 29.4. The Hall–Kier alpha value is -4.85. The van der Waals surface area contributed by atoms with Gasteiger partial charge in [-0.3, -0.25) is 19.2 Å². The van der Waals surface area contributed by atoms with Crippen molar-refractivity contribution in [2.24, 2.45) is 0 Å². The van der Waals surface area contributed by atoms with Crippen molar-refractivity contribution < 1.29 is 36.0 Å². The molecule has 255 valence electrons. The molecule has 0 spiro atoms. The molecule has 6 nitrogen and oxygen atoms in total. The summed E-state index contributed by atoms with van der Waals surface area (Å²) in [5.41, 5.74) is 8.79. The van der Waals surface area contributed by atoms with Gasteiger partial charge >= 0.3 is 0 Å². The van der Waals surface area contributed by atoms with E-state index in [1.165, 1.54) is 0 Å². The molecule has 2 N–H and O–H groups in total. The Morgan fingerprint density at radius 2 is 0.816 bits per heavy atom. The molecule has 0 bridgehead atoms. The van der Waals surface area contributed by atoms with Crippen LogP contribution in [-0.2, 0) is 26.4 Å². The molecule has 2 atom stereocenters. The zero-order valence-corrected chi connectivity index (χ0v) is 30.4. The molecule has 0 amide bonds. The molecule has 7 heteroatoms. The van der Waals surface area contributed by atoms with Crippen LogP contribution in [0.25, 0.3) is 0 Å². The summed E-state index contributed by atoms with van der Waals surface area (Å²) in [5, 5.41) is 6.94. The number of hydrogen-bond donors (Lipinski definition) is 2. The fourth-order valence-electron chi connectivity index (χ4n) is 6.51. The Kier molecular flexibility index (Phi) is 13.4. The Labute approximate surface area is 300 Å². The van der Waals surface area contributed by atoms with Gasteiger partial charge in [-0.25, -0.2) is 0 Å². The van der Waals surface area contributed by atoms with Crippen LogP contribution < -0.4 is 10.6 Å². The van der Waals surface area contributed by atoms with E-state index in [9.17, 15) is 19.2 Å². The second kappa shape index (κ2) is 17.0. The van der Waals surface area contributed by atoms with Gasteiger partial charge in [-0.2, -0.15) is 0 Å². The van der Waals surface area contributed by atoms with E-state index < -0.39 is 12.1 Å². The zero-order chi connectivity index (χ0) is 35.1. The van der Waals surface area contributed by atoms with Crippen molar-refractivity contribution in [3.63, 3.8) is 0 Å². The van der Waals surface area contributed by atoms with Crippen LogP contribution in [0.15, 0.2) is 107 Å². The first-order valence-electron chi connectivity index (χ1n) is 16.1. The van der Waals surface area contributed by atoms with Crippen LogP contribution in [0.4, 0.5) is 0 Å². The van der Waals surface area contributed by atoms with Crippen molar-refractivity contribution in [3.05, 3.63) is 163 Å². The van der Waals surface area contributed by atoms with E-state index in [0.29, 0.717) is 23.7 Å². The number of benzene rings is 4. The van der Waals surface area contributed by atoms with Crippen molar-refractivity contribution in [3.8, 4) is 0 Å². The van der Waals surface area contributed by atoms with Crippen LogP contribution in [0.1, 0.15) is 91.2 Å². The van der Waals surface area contributed by atoms with Gasteiger partial charge in [-0.15, -0.1) is 0 Å². The minimum atomic E-state index is -0.670. The predicted octanol–water partition coefficient (Wildman–Crippen LogP) is 8.21. The molecule has 0 saturated heterocycles. The summed E-state index contributed by atoms with van der Waals surface area (Å²) in [4.78, 5) is 53.5. The van der Waals surface area contributed by atoms with E-state index in [-0.39, 0.29) is 50.9 Å². The Morgan fingerprint density at radius 1 is 0.531 bits per heavy atom. The van der Waals surface area contributed by atoms with E-state index in [1.54, 1.807) is 13.8 Å². The molecular weight excluding hydrogens is 655 g/mol. The van der Waals surface area contributed by atoms with Gasteiger partial charge in [0.2, 0.25) is 11.6 Å². The number of aryl methyl sites for hydroxylation is 6. The van der Waals surface area contributed by atoms with E-state index in [4.69, 9.17) is 0 Å². The molecule has 4 rings (SSSR count). The largest absolute Gasteiger partial charge is 0.372 e. The monoisotopic (exact) mass is 699 g/mol. The van der Waals surface area contributed by atoms with Crippen LogP contribution >= 0.6 is 0 Å². The smallest absolute Gasteiger partial charge is 0.209 e. The van der Waals surface area contributed by atoms with Crippen molar-refractivity contribution in [1.82, 2.24) is 10.6 Å². The number of Topliss-reactive ketones (excluding diaryl/α,β-unsaturated/α-hetero) is 2. The third-order valence-corrected chi connectivity index (χ3v) is 8.65. The fourth-order valence-corrected chi connectivity index (χ4v) is 6.51. The molecule has 0 aliphatic heterocycles. The molecule has 0 saturated carbocycles. The topological polar surface area (TPSA) is 92.3 Å². The number of allylic oxidation sites excluding steroid dienone is 4. The number of hydrogen-bond acceptors (Lipinski definition) is 6. The normalized spacial score (nSPS) is 13.1. The molecule has 1 radical (unpaired) electrons. The third-order valence-electron chi connectivity index (χ3n) is 8.65. The average molecular weight is 700 g/mol. The molecule has 49 heavy (non-hydrogen) atoms. The van der Waals surface area contributed by atoms with Crippen LogP contribution in [0, 0.1) is 41.5 Å². The Bertz CT molecular complexity index is 1740. The van der Waals surface area contributed by atoms with Crippen LogP contribution in [-0.4, -0.2) is 24.1 Å². The standard InChI is InChI=1S/C42H44N2O4.Co/c1-25-19-27(3)35(28(4)20-25)41(47)37(31(7)23-45)43-39(33-15-11-9-12-16-33)40(34-17-13-10-14-18-34)44-38(32(8)24-46)42(48)36-29(5)21-26(2)22-30(36)6;/h9-24,39-40,43-44H,1-8H3;/b37-31-,38-32-;/t39-,40-;/m1./s1. The van der Waals surface area contributed by atoms with Gasteiger partial charge in [0.05, 0.1) is 23.5 Å². The number of rotatable bonds is 13. The van der Waals surface area contributed by atoms with Crippen molar-refractivity contribution in [2.45, 2.75) is 67.5 Å². The van der Waals surface area contributed by atoms with E-state index in [2.05, 4.69) is 10.6 Å². The number of carbonyl (C=O) groups excluding carboxylic acids is 4. The quantitative estimate of drug-likeness (QED) is 0.0831. The molecule has 0 aliphatic carbocycles. The van der Waals surface area contributed by atoms with Gasteiger partial charge in [0.1, 0.15) is 12.6 Å². The predicted molar refractivity (Wildman–Crippen MR) is 192 cm³/mol. The second-order valence-electron chi connectivity index (χ2n) is 12.6. The van der Waals surface area contributed by atoms with Crippen LogP contribution in [0.2, 0.25) is 0 Å². The summed E-state index contributed by atoms with van der Waals surface area (Å²) in [6, 6.07) is 25.6. The first-order chi connectivity index (χ1) is 22.9. The van der Waals surface area contributed by atoms with E-state index in [0.717, 1.165) is 44.5 Å². The second-order valence-corrected chi connectivity index (χ2v) is 12.6. The molecule has 0 heterocycles. The maximum Gasteiger partial charge on any atom is 0.209 e. The maximum atomic E-state index is 14.4. The van der Waals surface area contributed by atoms with Crippen LogP contribution in [0.3, 0.4) is 0 Å². The first kappa shape index (κ1) is 38.6. The SMILES string of the molecule is C/C(C=O)=C(/N[C@H](c1ccccc1)[C@H](N/C(C(=O)c1c(C)cc(C)cc1C)=C(/C)C=O)c1ccccc1)C(=O)c1c(C)cc(C)cc1C.[Co]. The minimum absolute atomic E-state index is 0. The summed E-state index contributed by atoms with van der Waals surface area (Å²) >= 11 is 0. The molecule has 4 aromatic rings. The number of aldehydes is 2. The van der Waals surface area contributed by atoms with Crippen molar-refractivity contribution in [1.29, 1.82) is 0 Å². The van der Waals surface area contributed by atoms with Gasteiger partial charge in [0, 0.05) is 39.1 Å². The summed E-state index contributed by atoms with van der Waals surface area (Å²) < 4.78 is 0. The molecule has 0 aromatic heterocycles. The number of ketones is 2. The van der Waals surface area contributed by atoms with Gasteiger partial charge in [0.25, 0.3) is 0 Å². The Morgan fingerprint density at radius 3 is 1.08 bits per heavy atom. The summed E-state index contributed by atoms with van der Waals surface area (Å²) in [7, 11) is 0. The minimum Gasteiger partial charge on any atom is -0.372 e. The molecular formula is C42H44CoN2O4. The third kappa shape index (κ3) is 8.79. The van der Waals surface area contributed by atoms with E-state index in [1.807, 2.05) is 126 Å². The van der Waals surface area contributed by atoms with Crippen molar-refractivity contribution in [2.75, 3.05) is 0 Å². The fraction of sp³-hybridized carbons (Fsp3) is 0.238. The van der Waals surface area contributed by atoms with E-state index >= 15 is 0 Å². The van der Waals surface area contributed by atoms with Gasteiger partial charge in [-0.05, 0) is 88.8 Å². The van der Waals surface area contributed by atoms with Gasteiger partial charge in [-0.1, -0.05) is 96.1 Å². The number of carbonyl (C=O) groups is 4.